The van der Waals surface area contributed by atoms with Crippen molar-refractivity contribution in [2.24, 2.45) is 0 Å². The quantitative estimate of drug-likeness (QED) is 0.727. The summed E-state index contributed by atoms with van der Waals surface area (Å²) in [6.07, 6.45) is 4.44. The van der Waals surface area contributed by atoms with E-state index in [1.165, 1.54) is 18.2 Å². The van der Waals surface area contributed by atoms with Crippen molar-refractivity contribution in [1.82, 2.24) is 10.2 Å². The minimum atomic E-state index is -0.549. The molecule has 4 rings (SSSR count). The Morgan fingerprint density at radius 2 is 2.04 bits per heavy atom. The van der Waals surface area contributed by atoms with Gasteiger partial charge in [0.2, 0.25) is 0 Å². The van der Waals surface area contributed by atoms with Gasteiger partial charge in [-0.3, -0.25) is 9.89 Å². The molecule has 1 aliphatic heterocycles. The van der Waals surface area contributed by atoms with Gasteiger partial charge in [0.25, 0.3) is 5.91 Å². The summed E-state index contributed by atoms with van der Waals surface area (Å²) in [5.41, 5.74) is 1.99. The van der Waals surface area contributed by atoms with Crippen molar-refractivity contribution < 1.29 is 18.3 Å². The van der Waals surface area contributed by atoms with E-state index in [1.54, 1.807) is 30.4 Å². The molecular weight excluding hydrogens is 352 g/mol. The number of ether oxygens (including phenoxy) is 1. The third kappa shape index (κ3) is 3.73. The van der Waals surface area contributed by atoms with E-state index < -0.39 is 11.9 Å². The SMILES string of the molecule is O=C(Nc1cc2c(C=Cc3ccc(F)cc3)n[nH]c2cc1F)C1CCCO1. The van der Waals surface area contributed by atoms with Gasteiger partial charge in [0.15, 0.2) is 0 Å². The molecule has 2 heterocycles. The molecule has 3 aromatic rings. The predicted molar refractivity (Wildman–Crippen MR) is 99.0 cm³/mol. The van der Waals surface area contributed by atoms with Crippen LogP contribution in [0.4, 0.5) is 14.5 Å². The summed E-state index contributed by atoms with van der Waals surface area (Å²) in [4.78, 5) is 12.2. The summed E-state index contributed by atoms with van der Waals surface area (Å²) in [5.74, 6) is -1.20. The first-order valence-electron chi connectivity index (χ1n) is 8.64. The number of amides is 1. The van der Waals surface area contributed by atoms with Crippen LogP contribution in [0.15, 0.2) is 36.4 Å². The summed E-state index contributed by atoms with van der Waals surface area (Å²) in [5, 5.41) is 10.2. The smallest absolute Gasteiger partial charge is 0.253 e. The fourth-order valence-corrected chi connectivity index (χ4v) is 3.03. The summed E-state index contributed by atoms with van der Waals surface area (Å²) in [6.45, 7) is 0.541. The molecule has 0 spiro atoms. The van der Waals surface area contributed by atoms with Gasteiger partial charge in [-0.2, -0.15) is 5.10 Å². The normalized spacial score (nSPS) is 17.0. The van der Waals surface area contributed by atoms with Crippen LogP contribution < -0.4 is 5.32 Å². The van der Waals surface area contributed by atoms with E-state index in [0.717, 1.165) is 12.0 Å². The number of hydrogen-bond donors (Lipinski definition) is 2. The third-order valence-electron chi connectivity index (χ3n) is 4.46. The van der Waals surface area contributed by atoms with Crippen LogP contribution in [0.1, 0.15) is 24.1 Å². The number of nitrogens with one attached hydrogen (secondary N) is 2. The van der Waals surface area contributed by atoms with Crippen molar-refractivity contribution in [1.29, 1.82) is 0 Å². The number of nitrogens with zero attached hydrogens (tertiary/aromatic N) is 1. The Morgan fingerprint density at radius 1 is 1.22 bits per heavy atom. The Balaban J connectivity index is 1.61. The topological polar surface area (TPSA) is 67.0 Å². The molecule has 0 bridgehead atoms. The zero-order valence-corrected chi connectivity index (χ0v) is 14.3. The van der Waals surface area contributed by atoms with Crippen LogP contribution in [-0.4, -0.2) is 28.8 Å². The summed E-state index contributed by atoms with van der Waals surface area (Å²) >= 11 is 0. The molecule has 27 heavy (non-hydrogen) atoms. The zero-order valence-electron chi connectivity index (χ0n) is 14.3. The van der Waals surface area contributed by atoms with Crippen LogP contribution in [0.25, 0.3) is 23.1 Å². The van der Waals surface area contributed by atoms with E-state index in [0.29, 0.717) is 29.6 Å². The van der Waals surface area contributed by atoms with Gasteiger partial charge in [-0.25, -0.2) is 8.78 Å². The number of benzene rings is 2. The molecule has 5 nitrogen and oxygen atoms in total. The number of carbonyl (C=O) groups is 1. The fourth-order valence-electron chi connectivity index (χ4n) is 3.03. The van der Waals surface area contributed by atoms with Gasteiger partial charge < -0.3 is 10.1 Å². The van der Waals surface area contributed by atoms with E-state index in [-0.39, 0.29) is 17.4 Å². The second-order valence-electron chi connectivity index (χ2n) is 6.36. The molecule has 1 saturated heterocycles. The van der Waals surface area contributed by atoms with Crippen molar-refractivity contribution in [3.63, 3.8) is 0 Å². The zero-order chi connectivity index (χ0) is 18.8. The van der Waals surface area contributed by atoms with Gasteiger partial charge >= 0.3 is 0 Å². The maximum Gasteiger partial charge on any atom is 0.253 e. The molecule has 2 aromatic carbocycles. The first-order valence-corrected chi connectivity index (χ1v) is 8.64. The molecule has 1 amide bonds. The van der Waals surface area contributed by atoms with Crippen molar-refractivity contribution in [3.8, 4) is 0 Å². The first kappa shape index (κ1) is 17.4. The molecule has 138 valence electrons. The Kier molecular flexibility index (Phi) is 4.68. The number of halogens is 2. The molecule has 2 N–H and O–H groups in total. The largest absolute Gasteiger partial charge is 0.368 e. The average molecular weight is 369 g/mol. The Hall–Kier alpha value is -3.06. The minimum Gasteiger partial charge on any atom is -0.368 e. The Labute approximate surface area is 154 Å². The van der Waals surface area contributed by atoms with Crippen molar-refractivity contribution in [3.05, 3.63) is 59.3 Å². The fraction of sp³-hybridized carbons (Fsp3) is 0.200. The molecule has 1 fully saturated rings. The van der Waals surface area contributed by atoms with Crippen LogP contribution in [0.5, 0.6) is 0 Å². The third-order valence-corrected chi connectivity index (χ3v) is 4.46. The molecule has 0 aliphatic carbocycles. The molecule has 0 saturated carbocycles. The lowest BCUT2D eigenvalue weighted by atomic mass is 10.1. The number of hydrogen-bond acceptors (Lipinski definition) is 3. The van der Waals surface area contributed by atoms with E-state index in [2.05, 4.69) is 15.5 Å². The van der Waals surface area contributed by atoms with Crippen LogP contribution in [0, 0.1) is 11.6 Å². The number of H-pyrrole nitrogens is 1. The highest BCUT2D eigenvalue weighted by Gasteiger charge is 2.24. The number of aromatic amines is 1. The van der Waals surface area contributed by atoms with Gasteiger partial charge in [0.1, 0.15) is 17.7 Å². The van der Waals surface area contributed by atoms with Crippen LogP contribution in [-0.2, 0) is 9.53 Å². The number of anilines is 1. The molecule has 1 aliphatic rings. The van der Waals surface area contributed by atoms with E-state index in [9.17, 15) is 13.6 Å². The molecule has 0 radical (unpaired) electrons. The Bertz CT molecular complexity index is 1010. The van der Waals surface area contributed by atoms with E-state index in [4.69, 9.17) is 4.74 Å². The maximum atomic E-state index is 14.3. The standard InChI is InChI=1S/C20H17F2N3O2/c21-13-6-3-12(4-7-13)5-8-16-14-10-18(15(22)11-17(14)25-24-16)23-20(26)19-2-1-9-27-19/h3-8,10-11,19H,1-2,9H2,(H,23,26)(H,24,25). The van der Waals surface area contributed by atoms with Crippen LogP contribution in [0.2, 0.25) is 0 Å². The van der Waals surface area contributed by atoms with Crippen molar-refractivity contribution >= 4 is 34.6 Å². The van der Waals surface area contributed by atoms with Crippen molar-refractivity contribution in [2.45, 2.75) is 18.9 Å². The lowest BCUT2D eigenvalue weighted by Crippen LogP contribution is -2.27. The number of carbonyl (C=O) groups excluding carboxylic acids is 1. The lowest BCUT2D eigenvalue weighted by Gasteiger charge is -2.11. The van der Waals surface area contributed by atoms with Gasteiger partial charge in [-0.15, -0.1) is 0 Å². The predicted octanol–water partition coefficient (Wildman–Crippen LogP) is 4.13. The summed E-state index contributed by atoms with van der Waals surface area (Å²) in [7, 11) is 0. The number of rotatable bonds is 4. The summed E-state index contributed by atoms with van der Waals surface area (Å²) < 4.78 is 32.6. The first-order chi connectivity index (χ1) is 13.1. The number of fused-ring (bicyclic) bond motifs is 1. The lowest BCUT2D eigenvalue weighted by molar-refractivity contribution is -0.124. The van der Waals surface area contributed by atoms with Crippen LogP contribution in [0.3, 0.4) is 0 Å². The molecular formula is C20H17F2N3O2. The molecule has 7 heteroatoms. The second kappa shape index (κ2) is 7.28. The monoisotopic (exact) mass is 369 g/mol. The minimum absolute atomic E-state index is 0.0841. The maximum absolute atomic E-state index is 14.3. The molecule has 1 atom stereocenters. The Morgan fingerprint density at radius 3 is 2.78 bits per heavy atom. The van der Waals surface area contributed by atoms with E-state index >= 15 is 0 Å². The van der Waals surface area contributed by atoms with Gasteiger partial charge in [-0.1, -0.05) is 18.2 Å². The summed E-state index contributed by atoms with van der Waals surface area (Å²) in [6, 6.07) is 8.88. The van der Waals surface area contributed by atoms with E-state index in [1.807, 2.05) is 0 Å². The highest BCUT2D eigenvalue weighted by atomic mass is 19.1. The molecule has 1 aromatic heterocycles. The van der Waals surface area contributed by atoms with Crippen molar-refractivity contribution in [2.75, 3.05) is 11.9 Å². The van der Waals surface area contributed by atoms with Gasteiger partial charge in [-0.05, 0) is 42.7 Å². The number of aromatic nitrogens is 2. The molecule has 1 unspecified atom stereocenters. The second-order valence-corrected chi connectivity index (χ2v) is 6.36. The highest BCUT2D eigenvalue weighted by molar-refractivity contribution is 5.98. The van der Waals surface area contributed by atoms with Gasteiger partial charge in [0, 0.05) is 18.1 Å². The van der Waals surface area contributed by atoms with Crippen LogP contribution >= 0.6 is 0 Å². The average Bonchev–Trinajstić information content (AvgIpc) is 3.32. The highest BCUT2D eigenvalue weighted by Crippen LogP contribution is 2.26. The van der Waals surface area contributed by atoms with Gasteiger partial charge in [0.05, 0.1) is 16.9 Å².